The van der Waals surface area contributed by atoms with Crippen molar-refractivity contribution < 1.29 is 22.0 Å². The molecule has 2 rings (SSSR count). The van der Waals surface area contributed by atoms with E-state index in [-0.39, 0.29) is 17.4 Å². The van der Waals surface area contributed by atoms with Crippen LogP contribution in [0.15, 0.2) is 33.9 Å². The summed E-state index contributed by atoms with van der Waals surface area (Å²) in [6.45, 7) is 3.87. The third-order valence-corrected chi connectivity index (χ3v) is 3.96. The van der Waals surface area contributed by atoms with E-state index >= 15 is 0 Å². The molecule has 0 radical (unpaired) electrons. The molecule has 1 N–H and O–H groups in total. The van der Waals surface area contributed by atoms with E-state index < -0.39 is 32.8 Å². The summed E-state index contributed by atoms with van der Waals surface area (Å²) in [5, 5.41) is 9.44. The normalized spacial score (nSPS) is 13.0. The van der Waals surface area contributed by atoms with Crippen LogP contribution in [0, 0.1) is 11.7 Å². The maximum Gasteiger partial charge on any atom is 0.335 e. The van der Waals surface area contributed by atoms with Gasteiger partial charge in [-0.2, -0.15) is 0 Å². The maximum absolute atomic E-state index is 12.9. The van der Waals surface area contributed by atoms with Gasteiger partial charge in [0.1, 0.15) is 11.9 Å². The first-order valence-electron chi connectivity index (χ1n) is 7.26. The van der Waals surface area contributed by atoms with Gasteiger partial charge in [-0.15, -0.1) is 5.10 Å². The van der Waals surface area contributed by atoms with E-state index in [4.69, 9.17) is 4.42 Å². The van der Waals surface area contributed by atoms with E-state index in [1.807, 2.05) is 13.8 Å². The van der Waals surface area contributed by atoms with E-state index in [0.29, 0.717) is 6.42 Å². The maximum atomic E-state index is 12.9. The zero-order chi connectivity index (χ0) is 17.9. The average molecular weight is 355 g/mol. The van der Waals surface area contributed by atoms with Crippen molar-refractivity contribution in [2.24, 2.45) is 5.92 Å². The largest absolute Gasteiger partial charge is 0.410 e. The van der Waals surface area contributed by atoms with Gasteiger partial charge in [0.25, 0.3) is 5.91 Å². The van der Waals surface area contributed by atoms with Gasteiger partial charge < -0.3 is 9.73 Å². The summed E-state index contributed by atoms with van der Waals surface area (Å²) in [5.41, 5.74) is 0.271. The monoisotopic (exact) mass is 355 g/mol. The number of benzene rings is 1. The molecular weight excluding hydrogens is 337 g/mol. The molecule has 0 bridgehead atoms. The highest BCUT2D eigenvalue weighted by molar-refractivity contribution is 7.90. The van der Waals surface area contributed by atoms with Crippen LogP contribution in [0.5, 0.6) is 0 Å². The topological polar surface area (TPSA) is 102 Å². The lowest BCUT2D eigenvalue weighted by molar-refractivity contribution is 0.0923. The van der Waals surface area contributed by atoms with Crippen LogP contribution in [0.3, 0.4) is 0 Å². The van der Waals surface area contributed by atoms with Gasteiger partial charge in [-0.25, -0.2) is 12.8 Å². The van der Waals surface area contributed by atoms with Gasteiger partial charge in [-0.1, -0.05) is 18.9 Å². The van der Waals surface area contributed by atoms with E-state index in [2.05, 4.69) is 15.5 Å². The van der Waals surface area contributed by atoms with Gasteiger partial charge in [0.2, 0.25) is 15.7 Å². The van der Waals surface area contributed by atoms with Crippen molar-refractivity contribution in [3.05, 3.63) is 41.5 Å². The Balaban J connectivity index is 2.23. The number of amides is 1. The van der Waals surface area contributed by atoms with Gasteiger partial charge >= 0.3 is 5.22 Å². The standard InChI is InChI=1S/C15H18FN3O4S/c1-9(2)8-12(14-18-19-15(23-14)24(3,21)22)17-13(20)10-4-6-11(16)7-5-10/h4-7,9,12H,8H2,1-3H3,(H,17,20)/t12-/m0/s1. The summed E-state index contributed by atoms with van der Waals surface area (Å²) in [5.74, 6) is -0.698. The molecule has 0 aliphatic carbocycles. The van der Waals surface area contributed by atoms with Crippen molar-refractivity contribution in [2.75, 3.05) is 6.26 Å². The van der Waals surface area contributed by atoms with Crippen LogP contribution in [-0.4, -0.2) is 30.8 Å². The second-order valence-corrected chi connectivity index (χ2v) is 7.73. The molecule has 1 atom stereocenters. The number of sulfone groups is 1. The summed E-state index contributed by atoms with van der Waals surface area (Å²) in [6, 6.07) is 4.42. The quantitative estimate of drug-likeness (QED) is 0.851. The minimum Gasteiger partial charge on any atom is -0.410 e. The predicted molar refractivity (Wildman–Crippen MR) is 83.5 cm³/mol. The van der Waals surface area contributed by atoms with Gasteiger partial charge in [0.05, 0.1) is 0 Å². The van der Waals surface area contributed by atoms with Gasteiger partial charge in [0, 0.05) is 11.8 Å². The number of hydrogen-bond donors (Lipinski definition) is 1. The fraction of sp³-hybridized carbons (Fsp3) is 0.400. The summed E-state index contributed by atoms with van der Waals surface area (Å²) < 4.78 is 41.0. The zero-order valence-corrected chi connectivity index (χ0v) is 14.3. The smallest absolute Gasteiger partial charge is 0.335 e. The highest BCUT2D eigenvalue weighted by atomic mass is 32.2. The van der Waals surface area contributed by atoms with Crippen LogP contribution >= 0.6 is 0 Å². The number of carbonyl (C=O) groups excluding carboxylic acids is 1. The van der Waals surface area contributed by atoms with Crippen molar-refractivity contribution in [2.45, 2.75) is 31.5 Å². The second kappa shape index (κ2) is 7.08. The molecule has 0 aliphatic heterocycles. The molecule has 130 valence electrons. The lowest BCUT2D eigenvalue weighted by Gasteiger charge is -2.17. The molecule has 0 saturated carbocycles. The predicted octanol–water partition coefficient (Wildman–Crippen LogP) is 2.13. The summed E-state index contributed by atoms with van der Waals surface area (Å²) in [7, 11) is -3.62. The molecule has 1 heterocycles. The molecule has 0 spiro atoms. The fourth-order valence-corrected chi connectivity index (χ4v) is 2.47. The van der Waals surface area contributed by atoms with Crippen molar-refractivity contribution in [3.63, 3.8) is 0 Å². The highest BCUT2D eigenvalue weighted by Crippen LogP contribution is 2.22. The van der Waals surface area contributed by atoms with Crippen LogP contribution in [-0.2, 0) is 9.84 Å². The molecule has 1 amide bonds. The van der Waals surface area contributed by atoms with Crippen molar-refractivity contribution in [3.8, 4) is 0 Å². The SMILES string of the molecule is CC(C)C[C@H](NC(=O)c1ccc(F)cc1)c1nnc(S(C)(=O)=O)o1. The van der Waals surface area contributed by atoms with E-state index in [1.54, 1.807) is 0 Å². The summed E-state index contributed by atoms with van der Waals surface area (Å²) in [6.07, 6.45) is 1.43. The molecule has 0 fully saturated rings. The first kappa shape index (κ1) is 18.1. The molecule has 2 aromatic rings. The van der Waals surface area contributed by atoms with Crippen LogP contribution in [0.4, 0.5) is 4.39 Å². The second-order valence-electron chi connectivity index (χ2n) is 5.84. The van der Waals surface area contributed by atoms with Crippen LogP contribution in [0.1, 0.15) is 42.6 Å². The van der Waals surface area contributed by atoms with Crippen LogP contribution < -0.4 is 5.32 Å². The van der Waals surface area contributed by atoms with E-state index in [1.165, 1.54) is 24.3 Å². The minimum absolute atomic E-state index is 0.0135. The van der Waals surface area contributed by atoms with Crippen LogP contribution in [0.25, 0.3) is 0 Å². The van der Waals surface area contributed by atoms with E-state index in [0.717, 1.165) is 6.26 Å². The number of nitrogens with zero attached hydrogens (tertiary/aromatic N) is 2. The zero-order valence-electron chi connectivity index (χ0n) is 13.5. The number of aromatic nitrogens is 2. The molecule has 7 nitrogen and oxygen atoms in total. The molecule has 0 aliphatic rings. The Bertz CT molecular complexity index is 815. The molecule has 1 aromatic carbocycles. The molecule has 0 saturated heterocycles. The number of halogens is 1. The number of hydrogen-bond acceptors (Lipinski definition) is 6. The number of rotatable bonds is 6. The summed E-state index contributed by atoms with van der Waals surface area (Å²) >= 11 is 0. The lowest BCUT2D eigenvalue weighted by atomic mass is 10.0. The van der Waals surface area contributed by atoms with Gasteiger partial charge in [0.15, 0.2) is 0 Å². The molecular formula is C15H18FN3O4S. The van der Waals surface area contributed by atoms with Gasteiger partial charge in [-0.3, -0.25) is 4.79 Å². The Labute approximate surface area is 139 Å². The fourth-order valence-electron chi connectivity index (χ4n) is 2.05. The summed E-state index contributed by atoms with van der Waals surface area (Å²) in [4.78, 5) is 12.3. The van der Waals surface area contributed by atoms with Crippen molar-refractivity contribution in [1.29, 1.82) is 0 Å². The molecule has 24 heavy (non-hydrogen) atoms. The Morgan fingerprint density at radius 2 is 1.88 bits per heavy atom. The van der Waals surface area contributed by atoms with E-state index in [9.17, 15) is 17.6 Å². The first-order chi connectivity index (χ1) is 11.2. The third kappa shape index (κ3) is 4.60. The highest BCUT2D eigenvalue weighted by Gasteiger charge is 2.25. The Kier molecular flexibility index (Phi) is 5.33. The Morgan fingerprint density at radius 1 is 1.25 bits per heavy atom. The molecule has 1 aromatic heterocycles. The Morgan fingerprint density at radius 3 is 2.38 bits per heavy atom. The minimum atomic E-state index is -3.62. The Hall–Kier alpha value is -2.29. The number of nitrogens with one attached hydrogen (secondary N) is 1. The third-order valence-electron chi connectivity index (χ3n) is 3.16. The van der Waals surface area contributed by atoms with Gasteiger partial charge in [-0.05, 0) is 36.6 Å². The number of carbonyl (C=O) groups is 1. The molecule has 0 unspecified atom stereocenters. The van der Waals surface area contributed by atoms with Crippen molar-refractivity contribution in [1.82, 2.24) is 15.5 Å². The average Bonchev–Trinajstić information content (AvgIpc) is 2.96. The van der Waals surface area contributed by atoms with Crippen LogP contribution in [0.2, 0.25) is 0 Å². The lowest BCUT2D eigenvalue weighted by Crippen LogP contribution is -2.29. The first-order valence-corrected chi connectivity index (χ1v) is 9.16. The van der Waals surface area contributed by atoms with Crippen molar-refractivity contribution >= 4 is 15.7 Å². The molecule has 9 heteroatoms.